The van der Waals surface area contributed by atoms with Gasteiger partial charge >= 0.3 is 0 Å². The maximum absolute atomic E-state index is 13.8. The van der Waals surface area contributed by atoms with E-state index in [-0.39, 0.29) is 6.04 Å². The van der Waals surface area contributed by atoms with Crippen molar-refractivity contribution in [1.29, 1.82) is 0 Å². The van der Waals surface area contributed by atoms with Crippen LogP contribution in [0.25, 0.3) is 16.8 Å². The van der Waals surface area contributed by atoms with E-state index in [1.165, 1.54) is 41.2 Å². The van der Waals surface area contributed by atoms with Crippen LogP contribution in [0.3, 0.4) is 0 Å². The molecule has 2 aromatic carbocycles. The molecule has 174 valence electrons. The number of piperidine rings is 1. The van der Waals surface area contributed by atoms with E-state index in [1.54, 1.807) is 0 Å². The van der Waals surface area contributed by atoms with Crippen LogP contribution in [0.2, 0.25) is 0 Å². The number of nitrogens with zero attached hydrogens (tertiary/aromatic N) is 2. The summed E-state index contributed by atoms with van der Waals surface area (Å²) in [7, 11) is 0. The molecule has 32 heavy (non-hydrogen) atoms. The zero-order valence-electron chi connectivity index (χ0n) is 20.5. The molecular formula is C29H42N2O. The van der Waals surface area contributed by atoms with Gasteiger partial charge in [-0.1, -0.05) is 81.2 Å². The molecule has 0 aliphatic carbocycles. The Morgan fingerprint density at radius 1 is 0.969 bits per heavy atom. The third-order valence-electron chi connectivity index (χ3n) is 6.69. The van der Waals surface area contributed by atoms with E-state index in [1.807, 2.05) is 0 Å². The third kappa shape index (κ3) is 6.93. The fourth-order valence-electron chi connectivity index (χ4n) is 4.79. The molecule has 2 aromatic rings. The molecule has 1 aliphatic rings. The fraction of sp³-hybridized carbons (Fsp3) is 0.552. The smallest absolute Gasteiger partial charge is 0.240 e. The summed E-state index contributed by atoms with van der Waals surface area (Å²) in [6, 6.07) is 15.1. The van der Waals surface area contributed by atoms with Crippen LogP contribution in [-0.4, -0.2) is 47.9 Å². The molecule has 3 nitrogen and oxygen atoms in total. The Kier molecular flexibility index (Phi) is 9.80. The summed E-state index contributed by atoms with van der Waals surface area (Å²) in [5.41, 5.74) is 2.51. The summed E-state index contributed by atoms with van der Waals surface area (Å²) in [6.07, 6.45) is 11.2. The van der Waals surface area contributed by atoms with Gasteiger partial charge in [0.15, 0.2) is 0 Å². The van der Waals surface area contributed by atoms with Crippen molar-refractivity contribution in [3.8, 4) is 0 Å². The molecule has 1 fully saturated rings. The summed E-state index contributed by atoms with van der Waals surface area (Å²) in [6.45, 7) is 10.5. The van der Waals surface area contributed by atoms with E-state index in [4.69, 9.17) is 0 Å². The zero-order chi connectivity index (χ0) is 22.8. The maximum Gasteiger partial charge on any atom is 0.240 e. The number of likely N-dealkylation sites (tertiary alicyclic amines) is 1. The van der Waals surface area contributed by atoms with Gasteiger partial charge in [-0.25, -0.2) is 0 Å². The Morgan fingerprint density at radius 3 is 2.28 bits per heavy atom. The highest BCUT2D eigenvalue weighted by Gasteiger charge is 2.30. The summed E-state index contributed by atoms with van der Waals surface area (Å²) in [5.74, 6) is 0.347. The number of rotatable bonds is 11. The highest BCUT2D eigenvalue weighted by atomic mass is 16.2. The van der Waals surface area contributed by atoms with E-state index in [9.17, 15) is 4.79 Å². The van der Waals surface area contributed by atoms with Crippen molar-refractivity contribution in [3.63, 3.8) is 0 Å². The SMILES string of the molecule is CCCCN(CCCC)C(=O)[C@@H](C/C(C)=C/c1ccc2ccccc2c1)N1CCCCC1. The Morgan fingerprint density at radius 2 is 1.62 bits per heavy atom. The van der Waals surface area contributed by atoms with E-state index in [0.717, 1.165) is 58.3 Å². The first-order chi connectivity index (χ1) is 15.6. The van der Waals surface area contributed by atoms with Gasteiger partial charge in [0.05, 0.1) is 6.04 Å². The predicted molar refractivity (Wildman–Crippen MR) is 138 cm³/mol. The second-order valence-corrected chi connectivity index (χ2v) is 9.45. The normalized spacial score (nSPS) is 16.3. The van der Waals surface area contributed by atoms with Crippen molar-refractivity contribution in [3.05, 3.63) is 53.6 Å². The predicted octanol–water partition coefficient (Wildman–Crippen LogP) is 6.92. The first-order valence-electron chi connectivity index (χ1n) is 12.8. The number of hydrogen-bond acceptors (Lipinski definition) is 2. The number of carbonyl (C=O) groups is 1. The van der Waals surface area contributed by atoms with Gasteiger partial charge in [0.25, 0.3) is 0 Å². The zero-order valence-corrected chi connectivity index (χ0v) is 20.5. The van der Waals surface area contributed by atoms with Crippen LogP contribution in [0.5, 0.6) is 0 Å². The van der Waals surface area contributed by atoms with Gasteiger partial charge in [-0.05, 0) is 74.5 Å². The summed E-state index contributed by atoms with van der Waals surface area (Å²) in [5, 5.41) is 2.54. The Hall–Kier alpha value is -2.13. The molecule has 3 heteroatoms. The molecule has 1 heterocycles. The van der Waals surface area contributed by atoms with Gasteiger partial charge in [0.1, 0.15) is 0 Å². The quantitative estimate of drug-likeness (QED) is 0.383. The van der Waals surface area contributed by atoms with Gasteiger partial charge in [-0.15, -0.1) is 0 Å². The number of unbranched alkanes of at least 4 members (excludes halogenated alkanes) is 2. The molecule has 1 atom stereocenters. The standard InChI is InChI=1S/C29H42N2O/c1-4-6-17-31(18-7-5-2)29(32)28(30-19-11-8-12-20-30)22-24(3)21-25-15-16-26-13-9-10-14-27(26)23-25/h9-10,13-16,21,23,28H,4-8,11-12,17-20,22H2,1-3H3/b24-21+/t28-/m1/s1. The lowest BCUT2D eigenvalue weighted by Crippen LogP contribution is -2.51. The fourth-order valence-corrected chi connectivity index (χ4v) is 4.79. The minimum absolute atomic E-state index is 0.0271. The van der Waals surface area contributed by atoms with Crippen LogP contribution in [0, 0.1) is 0 Å². The number of benzene rings is 2. The average Bonchev–Trinajstić information content (AvgIpc) is 2.83. The Bertz CT molecular complexity index is 874. The van der Waals surface area contributed by atoms with Crippen LogP contribution in [0.1, 0.15) is 77.7 Å². The van der Waals surface area contributed by atoms with Crippen LogP contribution in [0.15, 0.2) is 48.0 Å². The number of amides is 1. The second-order valence-electron chi connectivity index (χ2n) is 9.45. The van der Waals surface area contributed by atoms with Gasteiger partial charge < -0.3 is 4.90 Å². The number of carbonyl (C=O) groups excluding carboxylic acids is 1. The largest absolute Gasteiger partial charge is 0.341 e. The molecule has 1 aliphatic heterocycles. The molecule has 0 radical (unpaired) electrons. The highest BCUT2D eigenvalue weighted by Crippen LogP contribution is 2.23. The number of hydrogen-bond donors (Lipinski definition) is 0. The van der Waals surface area contributed by atoms with Gasteiger partial charge in [0.2, 0.25) is 5.91 Å². The molecule has 3 rings (SSSR count). The molecule has 0 bridgehead atoms. The maximum atomic E-state index is 13.8. The molecule has 0 spiro atoms. The molecule has 0 saturated carbocycles. The molecule has 0 N–H and O–H groups in total. The lowest BCUT2D eigenvalue weighted by atomic mass is 9.98. The highest BCUT2D eigenvalue weighted by molar-refractivity contribution is 5.85. The lowest BCUT2D eigenvalue weighted by molar-refractivity contribution is -0.137. The monoisotopic (exact) mass is 434 g/mol. The average molecular weight is 435 g/mol. The molecule has 1 amide bonds. The lowest BCUT2D eigenvalue weighted by Gasteiger charge is -2.37. The number of fused-ring (bicyclic) bond motifs is 1. The minimum Gasteiger partial charge on any atom is -0.341 e. The minimum atomic E-state index is -0.0271. The summed E-state index contributed by atoms with van der Waals surface area (Å²) >= 11 is 0. The van der Waals surface area contributed by atoms with Gasteiger partial charge in [-0.3, -0.25) is 9.69 Å². The van der Waals surface area contributed by atoms with E-state index < -0.39 is 0 Å². The Balaban J connectivity index is 1.80. The van der Waals surface area contributed by atoms with Crippen LogP contribution >= 0.6 is 0 Å². The van der Waals surface area contributed by atoms with Gasteiger partial charge in [-0.2, -0.15) is 0 Å². The van der Waals surface area contributed by atoms with E-state index in [2.05, 4.69) is 79.1 Å². The van der Waals surface area contributed by atoms with Crippen molar-refractivity contribution in [2.75, 3.05) is 26.2 Å². The van der Waals surface area contributed by atoms with Gasteiger partial charge in [0, 0.05) is 13.1 Å². The molecule has 0 unspecified atom stereocenters. The van der Waals surface area contributed by atoms with Crippen molar-refractivity contribution < 1.29 is 4.79 Å². The van der Waals surface area contributed by atoms with Crippen LogP contribution in [-0.2, 0) is 4.79 Å². The topological polar surface area (TPSA) is 23.6 Å². The summed E-state index contributed by atoms with van der Waals surface area (Å²) in [4.78, 5) is 18.4. The van der Waals surface area contributed by atoms with Crippen molar-refractivity contribution >= 4 is 22.8 Å². The van der Waals surface area contributed by atoms with Crippen LogP contribution in [0.4, 0.5) is 0 Å². The molecule has 1 saturated heterocycles. The van der Waals surface area contributed by atoms with Crippen molar-refractivity contribution in [2.45, 2.75) is 78.2 Å². The third-order valence-corrected chi connectivity index (χ3v) is 6.69. The van der Waals surface area contributed by atoms with Crippen molar-refractivity contribution in [2.24, 2.45) is 0 Å². The first kappa shape index (κ1) is 24.5. The second kappa shape index (κ2) is 12.8. The first-order valence-corrected chi connectivity index (χ1v) is 12.8. The van der Waals surface area contributed by atoms with E-state index >= 15 is 0 Å². The van der Waals surface area contributed by atoms with Crippen molar-refractivity contribution in [1.82, 2.24) is 9.80 Å². The molecular weight excluding hydrogens is 392 g/mol. The Labute approximate surface area is 195 Å². The molecule has 0 aromatic heterocycles. The summed E-state index contributed by atoms with van der Waals surface area (Å²) < 4.78 is 0. The van der Waals surface area contributed by atoms with E-state index in [0.29, 0.717) is 5.91 Å². The van der Waals surface area contributed by atoms with Crippen LogP contribution < -0.4 is 0 Å².